The number of hydrogen-bond acceptors (Lipinski definition) is 3. The molecular weight excluding hydrogens is 252 g/mol. The van der Waals surface area contributed by atoms with E-state index in [4.69, 9.17) is 20.6 Å². The maximum Gasteiger partial charge on any atom is 0.146 e. The third-order valence-electron chi connectivity index (χ3n) is 3.73. The van der Waals surface area contributed by atoms with Gasteiger partial charge in [-0.25, -0.2) is 0 Å². The Labute approximate surface area is 121 Å². The predicted octanol–water partition coefficient (Wildman–Crippen LogP) is 2.85. The topological polar surface area (TPSA) is 27.7 Å². The van der Waals surface area contributed by atoms with Crippen LogP contribution in [0.15, 0.2) is 30.3 Å². The summed E-state index contributed by atoms with van der Waals surface area (Å²) in [5, 5.41) is 0. The van der Waals surface area contributed by atoms with Crippen molar-refractivity contribution in [2.45, 2.75) is 25.6 Å². The van der Waals surface area contributed by atoms with E-state index in [-0.39, 0.29) is 12.0 Å². The Morgan fingerprint density at radius 2 is 2.05 bits per heavy atom. The van der Waals surface area contributed by atoms with Gasteiger partial charge in [-0.05, 0) is 24.3 Å². The Kier molecular flexibility index (Phi) is 6.07. The van der Waals surface area contributed by atoms with Gasteiger partial charge in [-0.15, -0.1) is 12.3 Å². The molecule has 0 spiro atoms. The van der Waals surface area contributed by atoms with E-state index in [1.807, 2.05) is 18.2 Å². The lowest BCUT2D eigenvalue weighted by atomic mass is 9.98. The third-order valence-corrected chi connectivity index (χ3v) is 3.73. The molecule has 0 saturated heterocycles. The Hall–Kier alpha value is -1.34. The second-order valence-electron chi connectivity index (χ2n) is 5.20. The van der Waals surface area contributed by atoms with Crippen LogP contribution in [0.1, 0.15) is 18.4 Å². The summed E-state index contributed by atoms with van der Waals surface area (Å²) >= 11 is 0. The molecule has 1 aliphatic rings. The van der Waals surface area contributed by atoms with E-state index in [9.17, 15) is 0 Å². The van der Waals surface area contributed by atoms with Gasteiger partial charge < -0.3 is 14.2 Å². The van der Waals surface area contributed by atoms with Gasteiger partial charge in [0.2, 0.25) is 0 Å². The molecule has 0 radical (unpaired) electrons. The third kappa shape index (κ3) is 4.35. The summed E-state index contributed by atoms with van der Waals surface area (Å²) in [4.78, 5) is 0. The summed E-state index contributed by atoms with van der Waals surface area (Å²) in [6.07, 6.45) is 7.65. The molecule has 20 heavy (non-hydrogen) atoms. The van der Waals surface area contributed by atoms with Crippen LogP contribution in [0.4, 0.5) is 0 Å². The van der Waals surface area contributed by atoms with Gasteiger partial charge >= 0.3 is 0 Å². The summed E-state index contributed by atoms with van der Waals surface area (Å²) < 4.78 is 16.4. The fourth-order valence-electron chi connectivity index (χ4n) is 2.66. The minimum absolute atomic E-state index is 0.196. The molecule has 1 aliphatic carbocycles. The van der Waals surface area contributed by atoms with Crippen molar-refractivity contribution in [3.05, 3.63) is 35.9 Å². The molecule has 3 atom stereocenters. The van der Waals surface area contributed by atoms with E-state index in [1.165, 1.54) is 5.56 Å². The van der Waals surface area contributed by atoms with Crippen molar-refractivity contribution in [3.8, 4) is 12.3 Å². The van der Waals surface area contributed by atoms with Crippen LogP contribution in [0.3, 0.4) is 0 Å². The summed E-state index contributed by atoms with van der Waals surface area (Å²) in [7, 11) is 1.63. The fraction of sp³-hybridized carbons (Fsp3) is 0.529. The first kappa shape index (κ1) is 15.1. The first-order valence-corrected chi connectivity index (χ1v) is 7.01. The van der Waals surface area contributed by atoms with Crippen LogP contribution in [0.5, 0.6) is 0 Å². The molecule has 0 amide bonds. The minimum Gasteiger partial charge on any atom is -0.376 e. The number of terminal acetylenes is 1. The molecule has 0 unspecified atom stereocenters. The predicted molar refractivity (Wildman–Crippen MR) is 77.9 cm³/mol. The Balaban J connectivity index is 1.75. The SMILES string of the molecule is C#C[C@@H]1C[C@H](OCOC)C[C@H]1COCc1ccccc1. The van der Waals surface area contributed by atoms with Gasteiger partial charge in [0.25, 0.3) is 0 Å². The molecule has 0 N–H and O–H groups in total. The monoisotopic (exact) mass is 274 g/mol. The van der Waals surface area contributed by atoms with E-state index in [0.29, 0.717) is 25.9 Å². The van der Waals surface area contributed by atoms with Gasteiger partial charge in [0.05, 0.1) is 19.3 Å². The molecule has 0 bridgehead atoms. The fourth-order valence-corrected chi connectivity index (χ4v) is 2.66. The Bertz CT molecular complexity index is 424. The maximum absolute atomic E-state index is 5.81. The quantitative estimate of drug-likeness (QED) is 0.565. The molecule has 1 aromatic rings. The van der Waals surface area contributed by atoms with Crippen LogP contribution >= 0.6 is 0 Å². The van der Waals surface area contributed by atoms with Gasteiger partial charge in [0.15, 0.2) is 0 Å². The number of methoxy groups -OCH3 is 1. The van der Waals surface area contributed by atoms with E-state index in [1.54, 1.807) is 7.11 Å². The highest BCUT2D eigenvalue weighted by atomic mass is 16.7. The summed E-state index contributed by atoms with van der Waals surface area (Å²) in [6.45, 7) is 1.66. The van der Waals surface area contributed by atoms with Gasteiger partial charge in [-0.3, -0.25) is 0 Å². The lowest BCUT2D eigenvalue weighted by Crippen LogP contribution is -2.14. The van der Waals surface area contributed by atoms with Crippen LogP contribution in [-0.4, -0.2) is 26.6 Å². The average molecular weight is 274 g/mol. The zero-order valence-corrected chi connectivity index (χ0v) is 12.0. The molecule has 0 heterocycles. The highest BCUT2D eigenvalue weighted by Gasteiger charge is 2.33. The molecule has 1 saturated carbocycles. The van der Waals surface area contributed by atoms with Crippen molar-refractivity contribution in [1.29, 1.82) is 0 Å². The highest BCUT2D eigenvalue weighted by molar-refractivity contribution is 5.13. The molecule has 0 aromatic heterocycles. The molecule has 2 rings (SSSR count). The zero-order chi connectivity index (χ0) is 14.2. The molecule has 0 aliphatic heterocycles. The van der Waals surface area contributed by atoms with Crippen molar-refractivity contribution in [2.75, 3.05) is 20.5 Å². The number of rotatable bonds is 7. The van der Waals surface area contributed by atoms with Crippen molar-refractivity contribution < 1.29 is 14.2 Å². The average Bonchev–Trinajstić information content (AvgIpc) is 2.88. The second kappa shape index (κ2) is 8.06. The molecule has 108 valence electrons. The van der Waals surface area contributed by atoms with Crippen molar-refractivity contribution in [3.63, 3.8) is 0 Å². The van der Waals surface area contributed by atoms with Gasteiger partial charge in [0, 0.05) is 13.0 Å². The summed E-state index contributed by atoms with van der Waals surface area (Å²) in [5.74, 6) is 3.49. The largest absolute Gasteiger partial charge is 0.376 e. The van der Waals surface area contributed by atoms with Crippen LogP contribution in [0.2, 0.25) is 0 Å². The number of hydrogen-bond donors (Lipinski definition) is 0. The molecule has 1 fully saturated rings. The summed E-state index contributed by atoms with van der Waals surface area (Å²) in [6, 6.07) is 10.2. The van der Waals surface area contributed by atoms with Gasteiger partial charge in [-0.1, -0.05) is 30.3 Å². The van der Waals surface area contributed by atoms with E-state index < -0.39 is 0 Å². The van der Waals surface area contributed by atoms with Crippen molar-refractivity contribution >= 4 is 0 Å². The van der Waals surface area contributed by atoms with Crippen molar-refractivity contribution in [1.82, 2.24) is 0 Å². The van der Waals surface area contributed by atoms with E-state index in [2.05, 4.69) is 18.1 Å². The molecule has 3 heteroatoms. The van der Waals surface area contributed by atoms with E-state index in [0.717, 1.165) is 12.8 Å². The standard InChI is InChI=1S/C17H22O3/c1-3-15-9-17(20-13-18-2)10-16(15)12-19-11-14-7-5-4-6-8-14/h1,4-8,15-17H,9-13H2,2H3/t15-,16+,17+/m1/s1. The molecular formula is C17H22O3. The lowest BCUT2D eigenvalue weighted by molar-refractivity contribution is -0.0711. The van der Waals surface area contributed by atoms with Crippen LogP contribution in [0.25, 0.3) is 0 Å². The first-order chi connectivity index (χ1) is 9.83. The van der Waals surface area contributed by atoms with Crippen molar-refractivity contribution in [2.24, 2.45) is 11.8 Å². The Morgan fingerprint density at radius 3 is 2.75 bits per heavy atom. The lowest BCUT2D eigenvalue weighted by Gasteiger charge is -2.14. The van der Waals surface area contributed by atoms with Gasteiger partial charge in [-0.2, -0.15) is 0 Å². The van der Waals surface area contributed by atoms with Crippen LogP contribution in [0, 0.1) is 24.2 Å². The molecule has 1 aromatic carbocycles. The minimum atomic E-state index is 0.196. The zero-order valence-electron chi connectivity index (χ0n) is 12.0. The first-order valence-electron chi connectivity index (χ1n) is 7.01. The van der Waals surface area contributed by atoms with Crippen LogP contribution in [-0.2, 0) is 20.8 Å². The smallest absolute Gasteiger partial charge is 0.146 e. The second-order valence-corrected chi connectivity index (χ2v) is 5.20. The van der Waals surface area contributed by atoms with Crippen LogP contribution < -0.4 is 0 Å². The highest BCUT2D eigenvalue weighted by Crippen LogP contribution is 2.33. The van der Waals surface area contributed by atoms with Gasteiger partial charge in [0.1, 0.15) is 6.79 Å². The number of ether oxygens (including phenoxy) is 3. The maximum atomic E-state index is 5.81. The van der Waals surface area contributed by atoms with E-state index >= 15 is 0 Å². The molecule has 3 nitrogen and oxygen atoms in total. The summed E-state index contributed by atoms with van der Waals surface area (Å²) in [5.41, 5.74) is 1.19. The number of benzene rings is 1. The normalized spacial score (nSPS) is 25.5. The Morgan fingerprint density at radius 1 is 1.25 bits per heavy atom.